The van der Waals surface area contributed by atoms with Crippen molar-refractivity contribution in [1.82, 2.24) is 0 Å². The summed E-state index contributed by atoms with van der Waals surface area (Å²) < 4.78 is 0. The largest absolute Gasteiger partial charge is 0.386 e. The van der Waals surface area contributed by atoms with Gasteiger partial charge in [0, 0.05) is 0 Å². The Bertz CT molecular complexity index is 145. The van der Waals surface area contributed by atoms with Gasteiger partial charge in [0.1, 0.15) is 0 Å². The molecule has 2 nitrogen and oxygen atoms in total. The summed E-state index contributed by atoms with van der Waals surface area (Å²) in [5.41, 5.74) is -0.828. The van der Waals surface area contributed by atoms with E-state index in [4.69, 9.17) is 0 Å². The van der Waals surface area contributed by atoms with Gasteiger partial charge < -0.3 is 5.11 Å². The zero-order chi connectivity index (χ0) is 8.20. The van der Waals surface area contributed by atoms with Gasteiger partial charge in [0.15, 0.2) is 5.78 Å². The third kappa shape index (κ3) is 4.27. The number of ketones is 1. The molecule has 0 saturated carbocycles. The van der Waals surface area contributed by atoms with Crippen LogP contribution in [-0.4, -0.2) is 16.5 Å². The fourth-order valence-corrected chi connectivity index (χ4v) is 0.415. The summed E-state index contributed by atoms with van der Waals surface area (Å²) in [4.78, 5) is 10.4. The fourth-order valence-electron chi connectivity index (χ4n) is 0.415. The fraction of sp³-hybridized carbons (Fsp3) is 0.625. The predicted octanol–water partition coefficient (Wildman–Crippen LogP) is 1.29. The highest BCUT2D eigenvalue weighted by atomic mass is 16.3. The highest BCUT2D eigenvalue weighted by Crippen LogP contribution is 2.09. The number of carbonyl (C=O) groups excluding carboxylic acids is 1. The van der Waals surface area contributed by atoms with E-state index in [2.05, 4.69) is 0 Å². The summed E-state index contributed by atoms with van der Waals surface area (Å²) in [6.45, 7) is 5.00. The molecule has 1 unspecified atom stereocenters. The van der Waals surface area contributed by atoms with Crippen LogP contribution in [0.5, 0.6) is 0 Å². The lowest BCUT2D eigenvalue weighted by Gasteiger charge is -2.14. The maximum absolute atomic E-state index is 10.4. The first-order valence-corrected chi connectivity index (χ1v) is 3.40. The zero-order valence-electron chi connectivity index (χ0n) is 6.72. The molecule has 0 aliphatic carbocycles. The van der Waals surface area contributed by atoms with Crippen molar-refractivity contribution in [1.29, 1.82) is 0 Å². The van der Waals surface area contributed by atoms with Crippen molar-refractivity contribution < 1.29 is 9.90 Å². The van der Waals surface area contributed by atoms with Gasteiger partial charge in [-0.3, -0.25) is 4.79 Å². The van der Waals surface area contributed by atoms with Crippen LogP contribution in [0.15, 0.2) is 12.2 Å². The molecule has 1 atom stereocenters. The molecule has 0 aliphatic rings. The SMILES string of the molecule is CCC(C)(O)/C=C/C(C)=O. The van der Waals surface area contributed by atoms with Crippen molar-refractivity contribution in [3.63, 3.8) is 0 Å². The molecule has 0 heterocycles. The van der Waals surface area contributed by atoms with Crippen LogP contribution < -0.4 is 0 Å². The van der Waals surface area contributed by atoms with E-state index in [0.29, 0.717) is 6.42 Å². The van der Waals surface area contributed by atoms with Crippen LogP contribution in [0.2, 0.25) is 0 Å². The minimum Gasteiger partial charge on any atom is -0.386 e. The Morgan fingerprint density at radius 3 is 2.50 bits per heavy atom. The Morgan fingerprint density at radius 1 is 1.70 bits per heavy atom. The van der Waals surface area contributed by atoms with Gasteiger partial charge in [-0.25, -0.2) is 0 Å². The Kier molecular flexibility index (Phi) is 3.30. The standard InChI is InChI=1S/C8H14O2/c1-4-8(3,10)6-5-7(2)9/h5-6,10H,4H2,1-3H3/b6-5+. The molecule has 0 aromatic carbocycles. The molecule has 0 amide bonds. The number of rotatable bonds is 3. The van der Waals surface area contributed by atoms with Gasteiger partial charge in [-0.05, 0) is 32.4 Å². The molecule has 58 valence electrons. The van der Waals surface area contributed by atoms with Gasteiger partial charge >= 0.3 is 0 Å². The monoisotopic (exact) mass is 142 g/mol. The van der Waals surface area contributed by atoms with Crippen molar-refractivity contribution in [2.24, 2.45) is 0 Å². The number of hydrogen-bond acceptors (Lipinski definition) is 2. The molecule has 0 radical (unpaired) electrons. The number of carbonyl (C=O) groups is 1. The van der Waals surface area contributed by atoms with Gasteiger partial charge in [-0.15, -0.1) is 0 Å². The van der Waals surface area contributed by atoms with Crippen LogP contribution in [0.3, 0.4) is 0 Å². The van der Waals surface area contributed by atoms with E-state index in [1.54, 1.807) is 6.92 Å². The number of hydrogen-bond donors (Lipinski definition) is 1. The average molecular weight is 142 g/mol. The minimum absolute atomic E-state index is 0.0336. The molecular weight excluding hydrogens is 128 g/mol. The van der Waals surface area contributed by atoms with E-state index >= 15 is 0 Å². The van der Waals surface area contributed by atoms with Crippen LogP contribution in [0, 0.1) is 0 Å². The highest BCUT2D eigenvalue weighted by molar-refractivity contribution is 5.87. The van der Waals surface area contributed by atoms with Crippen LogP contribution in [0.4, 0.5) is 0 Å². The van der Waals surface area contributed by atoms with Crippen LogP contribution in [0.1, 0.15) is 27.2 Å². The Balaban J connectivity index is 3.99. The van der Waals surface area contributed by atoms with Crippen molar-refractivity contribution in [2.45, 2.75) is 32.8 Å². The summed E-state index contributed by atoms with van der Waals surface area (Å²) in [7, 11) is 0. The number of aliphatic hydroxyl groups is 1. The second kappa shape index (κ2) is 3.52. The molecule has 0 fully saturated rings. The maximum Gasteiger partial charge on any atom is 0.152 e. The van der Waals surface area contributed by atoms with Crippen molar-refractivity contribution in [2.75, 3.05) is 0 Å². The Morgan fingerprint density at radius 2 is 2.20 bits per heavy atom. The summed E-state index contributed by atoms with van der Waals surface area (Å²) in [5.74, 6) is -0.0336. The van der Waals surface area contributed by atoms with E-state index in [9.17, 15) is 9.90 Å². The van der Waals surface area contributed by atoms with Gasteiger partial charge in [-0.2, -0.15) is 0 Å². The van der Waals surface area contributed by atoms with Gasteiger partial charge in [0.25, 0.3) is 0 Å². The molecule has 0 rings (SSSR count). The molecule has 0 bridgehead atoms. The quantitative estimate of drug-likeness (QED) is 0.603. The van der Waals surface area contributed by atoms with Crippen molar-refractivity contribution >= 4 is 5.78 Å². The molecule has 10 heavy (non-hydrogen) atoms. The van der Waals surface area contributed by atoms with Crippen LogP contribution in [0.25, 0.3) is 0 Å². The van der Waals surface area contributed by atoms with E-state index in [-0.39, 0.29) is 5.78 Å². The molecule has 1 N–H and O–H groups in total. The Hall–Kier alpha value is -0.630. The van der Waals surface area contributed by atoms with E-state index in [1.807, 2.05) is 6.92 Å². The molecule has 0 aromatic rings. The molecule has 0 spiro atoms. The molecule has 2 heteroatoms. The first kappa shape index (κ1) is 9.37. The van der Waals surface area contributed by atoms with E-state index < -0.39 is 5.60 Å². The van der Waals surface area contributed by atoms with Crippen LogP contribution >= 0.6 is 0 Å². The first-order valence-electron chi connectivity index (χ1n) is 3.40. The lowest BCUT2D eigenvalue weighted by atomic mass is 10.0. The second-order valence-corrected chi connectivity index (χ2v) is 2.65. The second-order valence-electron chi connectivity index (χ2n) is 2.65. The zero-order valence-corrected chi connectivity index (χ0v) is 6.72. The van der Waals surface area contributed by atoms with E-state index in [0.717, 1.165) is 0 Å². The lowest BCUT2D eigenvalue weighted by Crippen LogP contribution is -2.18. The minimum atomic E-state index is -0.828. The van der Waals surface area contributed by atoms with Crippen molar-refractivity contribution in [3.05, 3.63) is 12.2 Å². The smallest absolute Gasteiger partial charge is 0.152 e. The average Bonchev–Trinajstić information content (AvgIpc) is 1.85. The Labute approximate surface area is 61.6 Å². The summed E-state index contributed by atoms with van der Waals surface area (Å²) >= 11 is 0. The summed E-state index contributed by atoms with van der Waals surface area (Å²) in [6, 6.07) is 0. The molecule has 0 aliphatic heterocycles. The number of allylic oxidation sites excluding steroid dienone is 1. The third-order valence-electron chi connectivity index (χ3n) is 1.39. The third-order valence-corrected chi connectivity index (χ3v) is 1.39. The van der Waals surface area contributed by atoms with Crippen molar-refractivity contribution in [3.8, 4) is 0 Å². The summed E-state index contributed by atoms with van der Waals surface area (Å²) in [6.07, 6.45) is 3.54. The highest BCUT2D eigenvalue weighted by Gasteiger charge is 2.11. The summed E-state index contributed by atoms with van der Waals surface area (Å²) in [5, 5.41) is 9.33. The van der Waals surface area contributed by atoms with Gasteiger partial charge in [0.2, 0.25) is 0 Å². The van der Waals surface area contributed by atoms with Gasteiger partial charge in [0.05, 0.1) is 5.60 Å². The topological polar surface area (TPSA) is 37.3 Å². The lowest BCUT2D eigenvalue weighted by molar-refractivity contribution is -0.112. The van der Waals surface area contributed by atoms with Crippen LogP contribution in [-0.2, 0) is 4.79 Å². The predicted molar refractivity (Wildman–Crippen MR) is 40.7 cm³/mol. The van der Waals surface area contributed by atoms with E-state index in [1.165, 1.54) is 19.1 Å². The van der Waals surface area contributed by atoms with Gasteiger partial charge in [-0.1, -0.05) is 6.92 Å². The first-order chi connectivity index (χ1) is 4.48. The normalized spacial score (nSPS) is 17.2. The maximum atomic E-state index is 10.4. The molecule has 0 aromatic heterocycles. The molecular formula is C8H14O2. The molecule has 0 saturated heterocycles.